The molecule has 7 nitrogen and oxygen atoms in total. The van der Waals surface area contributed by atoms with E-state index in [2.05, 4.69) is 25.9 Å². The number of hydrogen-bond donors (Lipinski definition) is 2. The molecule has 1 aromatic carbocycles. The van der Waals surface area contributed by atoms with Crippen LogP contribution in [0.25, 0.3) is 22.6 Å². The van der Waals surface area contributed by atoms with E-state index in [1.54, 1.807) is 0 Å². The fourth-order valence-corrected chi connectivity index (χ4v) is 1.81. The number of imidazole rings is 1. The molecule has 0 unspecified atom stereocenters. The molecule has 0 saturated carbocycles. The summed E-state index contributed by atoms with van der Waals surface area (Å²) in [6, 6.07) is 5.55. The minimum absolute atomic E-state index is 0.202. The van der Waals surface area contributed by atoms with Gasteiger partial charge in [0.05, 0.1) is 11.0 Å². The molecule has 113 valence electrons. The van der Waals surface area contributed by atoms with Crippen LogP contribution in [0.15, 0.2) is 24.4 Å². The fourth-order valence-electron chi connectivity index (χ4n) is 1.81. The van der Waals surface area contributed by atoms with Crippen molar-refractivity contribution in [3.05, 3.63) is 30.5 Å². The maximum atomic E-state index is 12.2. The van der Waals surface area contributed by atoms with Crippen molar-refractivity contribution in [2.75, 3.05) is 0 Å². The third-order valence-electron chi connectivity index (χ3n) is 2.67. The van der Waals surface area contributed by atoms with Gasteiger partial charge in [-0.25, -0.2) is 9.78 Å². The first-order valence-electron chi connectivity index (χ1n) is 5.85. The zero-order valence-electron chi connectivity index (χ0n) is 10.7. The molecule has 0 bridgehead atoms. The summed E-state index contributed by atoms with van der Waals surface area (Å²) in [5, 5.41) is 3.84. The summed E-state index contributed by atoms with van der Waals surface area (Å²) in [4.78, 5) is 17.9. The zero-order chi connectivity index (χ0) is 15.9. The number of carbonyl (C=O) groups excluding carboxylic acids is 1. The Hall–Kier alpha value is -3.04. The van der Waals surface area contributed by atoms with E-state index in [0.717, 1.165) is 16.8 Å². The molecule has 2 aromatic heterocycles. The van der Waals surface area contributed by atoms with E-state index in [1.165, 1.54) is 12.3 Å². The van der Waals surface area contributed by atoms with Crippen LogP contribution in [0.4, 0.5) is 18.0 Å². The number of primary amides is 1. The van der Waals surface area contributed by atoms with Gasteiger partial charge in [-0.3, -0.25) is 0 Å². The first-order valence-corrected chi connectivity index (χ1v) is 5.85. The number of amides is 1. The lowest BCUT2D eigenvalue weighted by Crippen LogP contribution is -2.19. The molecule has 0 atom stereocenters. The molecular formula is C12H7F3N5O2. The molecule has 0 spiro atoms. The fraction of sp³-hybridized carbons (Fsp3) is 0.0833. The molecule has 0 aliphatic rings. The van der Waals surface area contributed by atoms with E-state index >= 15 is 0 Å². The number of alkyl halides is 3. The summed E-state index contributed by atoms with van der Waals surface area (Å²) in [6.07, 6.45) is -3.55. The molecule has 1 radical (unpaired) electrons. The van der Waals surface area contributed by atoms with Crippen LogP contribution < -0.4 is 10.5 Å². The first kappa shape index (κ1) is 13.9. The van der Waals surface area contributed by atoms with Gasteiger partial charge in [0.2, 0.25) is 0 Å². The molecule has 0 aliphatic carbocycles. The number of hydrogen-bond acceptors (Lipinski definition) is 4. The zero-order valence-corrected chi connectivity index (χ0v) is 10.7. The van der Waals surface area contributed by atoms with Crippen molar-refractivity contribution in [2.24, 2.45) is 5.73 Å². The van der Waals surface area contributed by atoms with Gasteiger partial charge in [-0.2, -0.15) is 9.78 Å². The van der Waals surface area contributed by atoms with Gasteiger partial charge in [-0.1, -0.05) is 0 Å². The molecule has 1 amide bonds. The van der Waals surface area contributed by atoms with Crippen LogP contribution in [-0.2, 0) is 0 Å². The lowest BCUT2D eigenvalue weighted by molar-refractivity contribution is -0.274. The highest BCUT2D eigenvalue weighted by molar-refractivity contribution is 5.80. The van der Waals surface area contributed by atoms with E-state index < -0.39 is 12.4 Å². The van der Waals surface area contributed by atoms with Gasteiger partial charge in [0.25, 0.3) is 0 Å². The number of aromatic amines is 1. The number of fused-ring (bicyclic) bond motifs is 1. The SMILES string of the molecule is NC(=O)n1c[c]c(-c2nc3cc(OC(F)(F)F)ccc3[nH]2)n1. The Morgan fingerprint density at radius 2 is 2.18 bits per heavy atom. The Balaban J connectivity index is 1.96. The summed E-state index contributed by atoms with van der Waals surface area (Å²) < 4.78 is 41.2. The third-order valence-corrected chi connectivity index (χ3v) is 2.67. The van der Waals surface area contributed by atoms with Gasteiger partial charge in [0.15, 0.2) is 5.82 Å². The first-order chi connectivity index (χ1) is 10.3. The van der Waals surface area contributed by atoms with E-state index in [0.29, 0.717) is 5.52 Å². The van der Waals surface area contributed by atoms with Crippen LogP contribution >= 0.6 is 0 Å². The second kappa shape index (κ2) is 4.76. The number of nitrogens with two attached hydrogens (primary N) is 1. The second-order valence-electron chi connectivity index (χ2n) is 4.22. The van der Waals surface area contributed by atoms with Crippen LogP contribution in [0.3, 0.4) is 0 Å². The molecule has 0 aliphatic heterocycles. The Labute approximate surface area is 120 Å². The normalized spacial score (nSPS) is 11.8. The van der Waals surface area contributed by atoms with Crippen molar-refractivity contribution in [1.82, 2.24) is 19.7 Å². The van der Waals surface area contributed by atoms with Gasteiger partial charge in [0, 0.05) is 18.3 Å². The highest BCUT2D eigenvalue weighted by atomic mass is 19.4. The predicted molar refractivity (Wildman–Crippen MR) is 67.8 cm³/mol. The number of rotatable bonds is 2. The van der Waals surface area contributed by atoms with Crippen molar-refractivity contribution in [2.45, 2.75) is 6.36 Å². The van der Waals surface area contributed by atoms with Crippen molar-refractivity contribution >= 4 is 17.1 Å². The van der Waals surface area contributed by atoms with E-state index in [1.807, 2.05) is 0 Å². The Morgan fingerprint density at radius 1 is 1.41 bits per heavy atom. The number of carbonyl (C=O) groups is 1. The quantitative estimate of drug-likeness (QED) is 0.756. The number of nitrogens with zero attached hydrogens (tertiary/aromatic N) is 3. The number of halogens is 3. The monoisotopic (exact) mass is 310 g/mol. The van der Waals surface area contributed by atoms with Crippen LogP contribution in [-0.4, -0.2) is 32.1 Å². The van der Waals surface area contributed by atoms with E-state index in [9.17, 15) is 18.0 Å². The summed E-state index contributed by atoms with van der Waals surface area (Å²) in [5.41, 5.74) is 5.98. The van der Waals surface area contributed by atoms with E-state index in [4.69, 9.17) is 5.73 Å². The minimum Gasteiger partial charge on any atom is -0.406 e. The van der Waals surface area contributed by atoms with Crippen LogP contribution in [0.5, 0.6) is 5.75 Å². The van der Waals surface area contributed by atoms with Crippen molar-refractivity contribution in [1.29, 1.82) is 0 Å². The number of aromatic nitrogens is 4. The van der Waals surface area contributed by atoms with Gasteiger partial charge in [0.1, 0.15) is 11.4 Å². The molecule has 0 fully saturated rings. The molecule has 2 heterocycles. The van der Waals surface area contributed by atoms with Gasteiger partial charge in [-0.05, 0) is 12.1 Å². The standard InChI is InChI=1S/C12H7F3N5O2/c13-12(14,15)22-6-1-2-7-9(5-6)18-10(17-7)8-3-4-20(19-8)11(16)21/h1-2,4-5H,(H2,16,21)(H,17,18). The molecule has 10 heteroatoms. The predicted octanol–water partition coefficient (Wildman–Crippen LogP) is 2.05. The largest absolute Gasteiger partial charge is 0.573 e. The average molecular weight is 310 g/mol. The van der Waals surface area contributed by atoms with Gasteiger partial charge >= 0.3 is 12.4 Å². The van der Waals surface area contributed by atoms with Crippen LogP contribution in [0.1, 0.15) is 0 Å². The minimum atomic E-state index is -4.78. The van der Waals surface area contributed by atoms with E-state index in [-0.39, 0.29) is 22.8 Å². The summed E-state index contributed by atoms with van der Waals surface area (Å²) in [5.74, 6) is -0.149. The Kier molecular flexibility index (Phi) is 3.01. The number of H-pyrrole nitrogens is 1. The molecule has 3 N–H and O–H groups in total. The number of benzene rings is 1. The number of ether oxygens (including phenoxy) is 1. The van der Waals surface area contributed by atoms with Crippen LogP contribution in [0, 0.1) is 6.07 Å². The maximum Gasteiger partial charge on any atom is 0.573 e. The highest BCUT2D eigenvalue weighted by Crippen LogP contribution is 2.27. The lowest BCUT2D eigenvalue weighted by atomic mass is 10.3. The summed E-state index contributed by atoms with van der Waals surface area (Å²) in [6.45, 7) is 0. The average Bonchev–Trinajstić information content (AvgIpc) is 3.02. The highest BCUT2D eigenvalue weighted by Gasteiger charge is 2.31. The van der Waals surface area contributed by atoms with Gasteiger partial charge < -0.3 is 15.5 Å². The van der Waals surface area contributed by atoms with Crippen molar-refractivity contribution in [3.8, 4) is 17.3 Å². The summed E-state index contributed by atoms with van der Waals surface area (Å²) >= 11 is 0. The molecular weight excluding hydrogens is 303 g/mol. The van der Waals surface area contributed by atoms with Crippen molar-refractivity contribution in [3.63, 3.8) is 0 Å². The Morgan fingerprint density at radius 3 is 2.82 bits per heavy atom. The molecule has 0 saturated heterocycles. The van der Waals surface area contributed by atoms with Crippen molar-refractivity contribution < 1.29 is 22.7 Å². The molecule has 22 heavy (non-hydrogen) atoms. The third kappa shape index (κ3) is 2.71. The Bertz CT molecular complexity index is 852. The maximum absolute atomic E-state index is 12.2. The topological polar surface area (TPSA) is 98.8 Å². The number of nitrogens with one attached hydrogen (secondary N) is 1. The molecule has 3 aromatic rings. The smallest absolute Gasteiger partial charge is 0.406 e. The second-order valence-corrected chi connectivity index (χ2v) is 4.22. The van der Waals surface area contributed by atoms with Gasteiger partial charge in [-0.15, -0.1) is 13.2 Å². The lowest BCUT2D eigenvalue weighted by Gasteiger charge is -2.07. The molecule has 3 rings (SSSR count). The summed E-state index contributed by atoms with van der Waals surface area (Å²) in [7, 11) is 0. The van der Waals surface area contributed by atoms with Crippen LogP contribution in [0.2, 0.25) is 0 Å².